The predicted molar refractivity (Wildman–Crippen MR) is 57.8 cm³/mol. The van der Waals surface area contributed by atoms with Crippen LogP contribution in [0.15, 0.2) is 18.3 Å². The van der Waals surface area contributed by atoms with Crippen molar-refractivity contribution in [2.45, 2.75) is 19.3 Å². The molecule has 0 radical (unpaired) electrons. The molecule has 16 heavy (non-hydrogen) atoms. The zero-order chi connectivity index (χ0) is 11.8. The van der Waals surface area contributed by atoms with Crippen LogP contribution >= 0.6 is 0 Å². The summed E-state index contributed by atoms with van der Waals surface area (Å²) in [7, 11) is 0. The zero-order valence-corrected chi connectivity index (χ0v) is 9.18. The molecule has 2 aromatic rings. The SMILES string of the molecule is CC(C)(CO)c1nnc2ccc(C#N)cn12. The third-order valence-corrected chi connectivity index (χ3v) is 2.53. The van der Waals surface area contributed by atoms with E-state index in [0.717, 1.165) is 0 Å². The molecule has 0 aliphatic heterocycles. The largest absolute Gasteiger partial charge is 0.395 e. The zero-order valence-electron chi connectivity index (χ0n) is 9.18. The van der Waals surface area contributed by atoms with Crippen molar-refractivity contribution in [3.8, 4) is 6.07 Å². The molecule has 2 aromatic heterocycles. The summed E-state index contributed by atoms with van der Waals surface area (Å²) >= 11 is 0. The van der Waals surface area contributed by atoms with Crippen LogP contribution in [0.1, 0.15) is 25.2 Å². The molecule has 0 spiro atoms. The van der Waals surface area contributed by atoms with Gasteiger partial charge in [-0.15, -0.1) is 10.2 Å². The van der Waals surface area contributed by atoms with Crippen molar-refractivity contribution in [1.82, 2.24) is 14.6 Å². The second kappa shape index (κ2) is 3.58. The van der Waals surface area contributed by atoms with Gasteiger partial charge >= 0.3 is 0 Å². The fourth-order valence-corrected chi connectivity index (χ4v) is 1.49. The molecule has 0 aliphatic rings. The lowest BCUT2D eigenvalue weighted by molar-refractivity contribution is 0.211. The smallest absolute Gasteiger partial charge is 0.160 e. The average molecular weight is 216 g/mol. The van der Waals surface area contributed by atoms with Gasteiger partial charge in [-0.1, -0.05) is 13.8 Å². The van der Waals surface area contributed by atoms with Crippen LogP contribution in [0.4, 0.5) is 0 Å². The van der Waals surface area contributed by atoms with E-state index in [1.165, 1.54) is 0 Å². The molecule has 0 amide bonds. The van der Waals surface area contributed by atoms with E-state index >= 15 is 0 Å². The van der Waals surface area contributed by atoms with Gasteiger partial charge in [-0.2, -0.15) is 5.26 Å². The highest BCUT2D eigenvalue weighted by Gasteiger charge is 2.25. The van der Waals surface area contributed by atoms with Gasteiger partial charge in [-0.25, -0.2) is 0 Å². The lowest BCUT2D eigenvalue weighted by Crippen LogP contribution is -2.25. The van der Waals surface area contributed by atoms with Gasteiger partial charge < -0.3 is 5.11 Å². The fourth-order valence-electron chi connectivity index (χ4n) is 1.49. The molecule has 82 valence electrons. The normalized spacial score (nSPS) is 11.6. The minimum Gasteiger partial charge on any atom is -0.395 e. The number of fused-ring (bicyclic) bond motifs is 1. The first-order valence-corrected chi connectivity index (χ1v) is 4.95. The van der Waals surface area contributed by atoms with Crippen molar-refractivity contribution < 1.29 is 5.11 Å². The van der Waals surface area contributed by atoms with Crippen LogP contribution in [0.2, 0.25) is 0 Å². The molecule has 2 rings (SSSR count). The Labute approximate surface area is 93.0 Å². The summed E-state index contributed by atoms with van der Waals surface area (Å²) in [6.45, 7) is 3.73. The maximum absolute atomic E-state index is 9.31. The third kappa shape index (κ3) is 1.53. The summed E-state index contributed by atoms with van der Waals surface area (Å²) in [5.41, 5.74) is 0.742. The number of rotatable bonds is 2. The van der Waals surface area contributed by atoms with Gasteiger partial charge in [-0.3, -0.25) is 4.40 Å². The Kier molecular flexibility index (Phi) is 2.37. The van der Waals surface area contributed by atoms with Gasteiger partial charge in [0.2, 0.25) is 0 Å². The summed E-state index contributed by atoms with van der Waals surface area (Å²) in [6, 6.07) is 5.50. The molecule has 5 heteroatoms. The molecule has 0 aliphatic carbocycles. The number of hydrogen-bond donors (Lipinski definition) is 1. The lowest BCUT2D eigenvalue weighted by atomic mass is 9.94. The van der Waals surface area contributed by atoms with E-state index in [4.69, 9.17) is 5.26 Å². The number of aliphatic hydroxyl groups excluding tert-OH is 1. The Morgan fingerprint density at radius 2 is 2.19 bits per heavy atom. The van der Waals surface area contributed by atoms with Crippen LogP contribution in [0, 0.1) is 11.3 Å². The number of aromatic nitrogens is 3. The second-order valence-electron chi connectivity index (χ2n) is 4.32. The average Bonchev–Trinajstić information content (AvgIpc) is 2.72. The third-order valence-electron chi connectivity index (χ3n) is 2.53. The van der Waals surface area contributed by atoms with Crippen molar-refractivity contribution in [2.75, 3.05) is 6.61 Å². The molecule has 0 fully saturated rings. The number of hydrogen-bond acceptors (Lipinski definition) is 4. The molecule has 0 saturated carbocycles. The topological polar surface area (TPSA) is 74.2 Å². The van der Waals surface area contributed by atoms with Gasteiger partial charge in [0.25, 0.3) is 0 Å². The molecule has 2 heterocycles. The van der Waals surface area contributed by atoms with Crippen LogP contribution in [0.5, 0.6) is 0 Å². The summed E-state index contributed by atoms with van der Waals surface area (Å²) in [4.78, 5) is 0. The standard InChI is InChI=1S/C11H12N4O/c1-11(2,7-16)10-14-13-9-4-3-8(5-12)6-15(9)10/h3-4,6,16H,7H2,1-2H3. The maximum atomic E-state index is 9.31. The molecule has 1 N–H and O–H groups in total. The van der Waals surface area contributed by atoms with Crippen molar-refractivity contribution >= 4 is 5.65 Å². The first-order chi connectivity index (χ1) is 7.58. The number of nitriles is 1. The van der Waals surface area contributed by atoms with Crippen LogP contribution in [-0.4, -0.2) is 26.3 Å². The molecule has 0 bridgehead atoms. The number of pyridine rings is 1. The lowest BCUT2D eigenvalue weighted by Gasteiger charge is -2.18. The van der Waals surface area contributed by atoms with Crippen LogP contribution in [0.3, 0.4) is 0 Å². The van der Waals surface area contributed by atoms with Crippen molar-refractivity contribution in [1.29, 1.82) is 5.26 Å². The Bertz CT molecular complexity index is 565. The monoisotopic (exact) mass is 216 g/mol. The van der Waals surface area contributed by atoms with Gasteiger partial charge in [0.1, 0.15) is 11.9 Å². The van der Waals surface area contributed by atoms with E-state index in [9.17, 15) is 5.11 Å². The van der Waals surface area contributed by atoms with Gasteiger partial charge in [0.15, 0.2) is 5.65 Å². The highest BCUT2D eigenvalue weighted by molar-refractivity contribution is 5.43. The van der Waals surface area contributed by atoms with Crippen molar-refractivity contribution in [3.05, 3.63) is 29.7 Å². The molecule has 0 aromatic carbocycles. The summed E-state index contributed by atoms with van der Waals surface area (Å²) < 4.78 is 1.74. The highest BCUT2D eigenvalue weighted by Crippen LogP contribution is 2.21. The predicted octanol–water partition coefficient (Wildman–Crippen LogP) is 0.871. The van der Waals surface area contributed by atoms with E-state index in [0.29, 0.717) is 17.0 Å². The van der Waals surface area contributed by atoms with Crippen molar-refractivity contribution in [2.24, 2.45) is 0 Å². The van der Waals surface area contributed by atoms with Crippen LogP contribution < -0.4 is 0 Å². The first-order valence-electron chi connectivity index (χ1n) is 4.95. The Morgan fingerprint density at radius 3 is 2.81 bits per heavy atom. The fraction of sp³-hybridized carbons (Fsp3) is 0.364. The molecular weight excluding hydrogens is 204 g/mol. The second-order valence-corrected chi connectivity index (χ2v) is 4.32. The summed E-state index contributed by atoms with van der Waals surface area (Å²) in [5.74, 6) is 0.655. The van der Waals surface area contributed by atoms with Crippen molar-refractivity contribution in [3.63, 3.8) is 0 Å². The molecule has 0 saturated heterocycles. The van der Waals surface area contributed by atoms with Gasteiger partial charge in [0, 0.05) is 11.6 Å². The van der Waals surface area contributed by atoms with E-state index in [1.54, 1.807) is 22.7 Å². The molecule has 0 unspecified atom stereocenters. The summed E-state index contributed by atoms with van der Waals surface area (Å²) in [6.07, 6.45) is 1.68. The highest BCUT2D eigenvalue weighted by atomic mass is 16.3. The Morgan fingerprint density at radius 1 is 1.44 bits per heavy atom. The first kappa shape index (κ1) is 10.6. The van der Waals surface area contributed by atoms with Gasteiger partial charge in [-0.05, 0) is 12.1 Å². The van der Waals surface area contributed by atoms with E-state index in [2.05, 4.69) is 16.3 Å². The molecular formula is C11H12N4O. The molecule has 0 atom stereocenters. The van der Waals surface area contributed by atoms with Crippen LogP contribution in [0.25, 0.3) is 5.65 Å². The summed E-state index contributed by atoms with van der Waals surface area (Å²) in [5, 5.41) is 26.2. The number of aliphatic hydroxyl groups is 1. The minimum absolute atomic E-state index is 0.0232. The molecule has 5 nitrogen and oxygen atoms in total. The minimum atomic E-state index is -0.479. The van der Waals surface area contributed by atoms with Gasteiger partial charge in [0.05, 0.1) is 12.2 Å². The maximum Gasteiger partial charge on any atom is 0.160 e. The van der Waals surface area contributed by atoms with E-state index in [-0.39, 0.29) is 6.61 Å². The van der Waals surface area contributed by atoms with Crippen LogP contribution in [-0.2, 0) is 5.41 Å². The van der Waals surface area contributed by atoms with E-state index < -0.39 is 5.41 Å². The quantitative estimate of drug-likeness (QED) is 0.808. The Balaban J connectivity index is 2.68. The van der Waals surface area contributed by atoms with E-state index in [1.807, 2.05) is 13.8 Å². The number of nitrogens with zero attached hydrogens (tertiary/aromatic N) is 4. The Hall–Kier alpha value is -1.93.